The van der Waals surface area contributed by atoms with Crippen LogP contribution in [0, 0.1) is 11.8 Å². The molecule has 3 aliphatic rings. The number of nitrogens with one attached hydrogen (secondary N) is 2. The monoisotopic (exact) mass is 635 g/mol. The van der Waals surface area contributed by atoms with E-state index in [9.17, 15) is 19.5 Å². The van der Waals surface area contributed by atoms with E-state index in [0.29, 0.717) is 23.5 Å². The van der Waals surface area contributed by atoms with E-state index in [1.165, 1.54) is 4.90 Å². The van der Waals surface area contributed by atoms with Crippen LogP contribution >= 0.6 is 27.7 Å². The van der Waals surface area contributed by atoms with Crippen molar-refractivity contribution in [2.24, 2.45) is 11.8 Å². The summed E-state index contributed by atoms with van der Waals surface area (Å²) in [5.74, 6) is -1.60. The van der Waals surface area contributed by atoms with Crippen LogP contribution in [0.1, 0.15) is 18.0 Å². The van der Waals surface area contributed by atoms with Gasteiger partial charge in [-0.25, -0.2) is 0 Å². The molecule has 1 spiro atoms. The molecule has 3 fully saturated rings. The highest BCUT2D eigenvalue weighted by Crippen LogP contribution is 2.68. The van der Waals surface area contributed by atoms with Crippen molar-refractivity contribution in [1.82, 2.24) is 4.90 Å². The number of halogens is 1. The summed E-state index contributed by atoms with van der Waals surface area (Å²) in [6.45, 7) is -0.364. The average molecular weight is 637 g/mol. The Morgan fingerprint density at radius 1 is 1.00 bits per heavy atom. The third kappa shape index (κ3) is 4.71. The number of hydrogen-bond acceptors (Lipinski definition) is 6. The second-order valence-corrected chi connectivity index (χ2v) is 13.3. The van der Waals surface area contributed by atoms with E-state index in [1.54, 1.807) is 43.1 Å². The van der Waals surface area contributed by atoms with Crippen LogP contribution in [0.25, 0.3) is 0 Å². The summed E-state index contributed by atoms with van der Waals surface area (Å²) in [7, 11) is 1.57. The number of amides is 3. The van der Waals surface area contributed by atoms with Gasteiger partial charge in [-0.15, -0.1) is 11.8 Å². The van der Waals surface area contributed by atoms with Crippen molar-refractivity contribution in [1.29, 1.82) is 0 Å². The first-order chi connectivity index (χ1) is 19.9. The van der Waals surface area contributed by atoms with Gasteiger partial charge in [0.15, 0.2) is 0 Å². The third-order valence-corrected chi connectivity index (χ3v) is 11.6. The number of alkyl halides is 1. The third-order valence-electron chi connectivity index (χ3n) is 8.37. The summed E-state index contributed by atoms with van der Waals surface area (Å²) in [5, 5.41) is 16.4. The number of likely N-dealkylation sites (tertiary alicyclic amines) is 1. The van der Waals surface area contributed by atoms with Gasteiger partial charge < -0.3 is 25.4 Å². The normalized spacial score (nSPS) is 28.7. The molecule has 10 heteroatoms. The number of rotatable bonds is 8. The van der Waals surface area contributed by atoms with Crippen LogP contribution in [-0.2, 0) is 14.4 Å². The van der Waals surface area contributed by atoms with Crippen molar-refractivity contribution in [3.05, 3.63) is 90.5 Å². The van der Waals surface area contributed by atoms with Crippen LogP contribution in [0.5, 0.6) is 5.75 Å². The zero-order valence-electron chi connectivity index (χ0n) is 22.3. The Labute approximate surface area is 251 Å². The Kier molecular flexibility index (Phi) is 7.56. The Morgan fingerprint density at radius 3 is 2.24 bits per heavy atom. The highest BCUT2D eigenvalue weighted by molar-refractivity contribution is 9.09. The van der Waals surface area contributed by atoms with Crippen LogP contribution in [0.4, 0.5) is 11.4 Å². The fourth-order valence-corrected chi connectivity index (χ4v) is 10.3. The zero-order valence-corrected chi connectivity index (χ0v) is 24.7. The SMILES string of the molecule is COc1ccc(NC(=O)C2N([C@H](CO)c3ccccc3)C(=O)[C@@H]3[C@@H](C(=O)Nc4ccccc4)[C@@H]4SC23CC4Br)cc1. The van der Waals surface area contributed by atoms with Crippen molar-refractivity contribution in [3.8, 4) is 5.75 Å². The summed E-state index contributed by atoms with van der Waals surface area (Å²) in [6, 6.07) is 23.7. The lowest BCUT2D eigenvalue weighted by Crippen LogP contribution is -2.53. The molecule has 3 saturated heterocycles. The zero-order chi connectivity index (χ0) is 28.7. The molecule has 0 aromatic heterocycles. The molecule has 7 atom stereocenters. The van der Waals surface area contributed by atoms with Crippen LogP contribution in [0.3, 0.4) is 0 Å². The van der Waals surface area contributed by atoms with Crippen molar-refractivity contribution in [3.63, 3.8) is 0 Å². The van der Waals surface area contributed by atoms with Gasteiger partial charge in [-0.05, 0) is 48.4 Å². The Morgan fingerprint density at radius 2 is 1.61 bits per heavy atom. The molecule has 3 N–H and O–H groups in total. The van der Waals surface area contributed by atoms with Crippen molar-refractivity contribution in [2.75, 3.05) is 24.4 Å². The van der Waals surface area contributed by atoms with E-state index < -0.39 is 28.7 Å². The first-order valence-electron chi connectivity index (χ1n) is 13.5. The van der Waals surface area contributed by atoms with E-state index in [4.69, 9.17) is 4.74 Å². The molecule has 2 bridgehead atoms. The van der Waals surface area contributed by atoms with Crippen LogP contribution in [0.15, 0.2) is 84.9 Å². The maximum atomic E-state index is 14.5. The Balaban J connectivity index is 1.41. The number of benzene rings is 3. The number of aliphatic hydroxyl groups excluding tert-OH is 1. The largest absolute Gasteiger partial charge is 0.497 e. The number of nitrogens with zero attached hydrogens (tertiary/aromatic N) is 1. The predicted molar refractivity (Wildman–Crippen MR) is 162 cm³/mol. The molecule has 0 radical (unpaired) electrons. The van der Waals surface area contributed by atoms with Gasteiger partial charge in [-0.2, -0.15) is 0 Å². The van der Waals surface area contributed by atoms with Gasteiger partial charge in [-0.3, -0.25) is 14.4 Å². The van der Waals surface area contributed by atoms with Crippen LogP contribution < -0.4 is 15.4 Å². The van der Waals surface area contributed by atoms with Gasteiger partial charge >= 0.3 is 0 Å². The molecule has 41 heavy (non-hydrogen) atoms. The average Bonchev–Trinajstić information content (AvgIpc) is 3.58. The number of para-hydroxylation sites is 1. The molecule has 3 aliphatic heterocycles. The van der Waals surface area contributed by atoms with Crippen LogP contribution in [-0.4, -0.2) is 62.3 Å². The van der Waals surface area contributed by atoms with Crippen molar-refractivity contribution >= 4 is 56.8 Å². The molecular formula is C31H30BrN3O5S. The second kappa shape index (κ2) is 11.2. The molecule has 212 valence electrons. The number of carbonyl (C=O) groups excluding carboxylic acids is 3. The second-order valence-electron chi connectivity index (χ2n) is 10.6. The topological polar surface area (TPSA) is 108 Å². The van der Waals surface area contributed by atoms with E-state index in [2.05, 4.69) is 26.6 Å². The van der Waals surface area contributed by atoms with E-state index in [0.717, 1.165) is 5.56 Å². The first kappa shape index (κ1) is 27.8. The maximum Gasteiger partial charge on any atom is 0.248 e. The van der Waals surface area contributed by atoms with Crippen molar-refractivity contribution in [2.45, 2.75) is 33.3 Å². The number of anilines is 2. The van der Waals surface area contributed by atoms with Gasteiger partial charge in [-0.1, -0.05) is 64.5 Å². The summed E-state index contributed by atoms with van der Waals surface area (Å²) in [6.07, 6.45) is 0.540. The molecule has 0 saturated carbocycles. The highest BCUT2D eigenvalue weighted by atomic mass is 79.9. The first-order valence-corrected chi connectivity index (χ1v) is 15.3. The number of aliphatic hydroxyl groups is 1. The number of ether oxygens (including phenoxy) is 1. The summed E-state index contributed by atoms with van der Waals surface area (Å²) in [5.41, 5.74) is 1.94. The molecule has 3 amide bonds. The van der Waals surface area contributed by atoms with E-state index >= 15 is 0 Å². The Bertz CT molecular complexity index is 1440. The van der Waals surface area contributed by atoms with Gasteiger partial charge in [0.25, 0.3) is 0 Å². The number of hydrogen-bond donors (Lipinski definition) is 3. The van der Waals surface area contributed by atoms with Crippen molar-refractivity contribution < 1.29 is 24.2 Å². The quantitative estimate of drug-likeness (QED) is 0.315. The summed E-state index contributed by atoms with van der Waals surface area (Å²) >= 11 is 5.35. The summed E-state index contributed by atoms with van der Waals surface area (Å²) < 4.78 is 4.39. The minimum atomic E-state index is -0.913. The number of methoxy groups -OCH3 is 1. The molecule has 0 aliphatic carbocycles. The maximum absolute atomic E-state index is 14.5. The molecule has 3 heterocycles. The lowest BCUT2D eigenvalue weighted by Gasteiger charge is -2.37. The molecule has 8 nitrogen and oxygen atoms in total. The van der Waals surface area contributed by atoms with Gasteiger partial charge in [0, 0.05) is 21.5 Å². The van der Waals surface area contributed by atoms with E-state index in [1.807, 2.05) is 60.7 Å². The lowest BCUT2D eigenvalue weighted by molar-refractivity contribution is -0.141. The number of fused-ring (bicyclic) bond motifs is 1. The fraction of sp³-hybridized carbons (Fsp3) is 0.323. The van der Waals surface area contributed by atoms with Gasteiger partial charge in [0.05, 0.1) is 36.3 Å². The smallest absolute Gasteiger partial charge is 0.248 e. The van der Waals surface area contributed by atoms with Crippen LogP contribution in [0.2, 0.25) is 0 Å². The minimum Gasteiger partial charge on any atom is -0.497 e. The van der Waals surface area contributed by atoms with Gasteiger partial charge in [0.1, 0.15) is 11.8 Å². The van der Waals surface area contributed by atoms with E-state index in [-0.39, 0.29) is 34.4 Å². The molecular weight excluding hydrogens is 606 g/mol. The fourth-order valence-electron chi connectivity index (χ4n) is 6.66. The van der Waals surface area contributed by atoms with Gasteiger partial charge in [0.2, 0.25) is 17.7 Å². The Hall–Kier alpha value is -3.34. The standard InChI is InChI=1S/C31H30BrN3O5S/c1-40-21-14-12-20(13-15-21)34-29(38)27-31-16-22(32)26(41-31)24(28(37)33-19-10-6-3-7-11-19)25(31)30(39)35(27)23(17-36)18-8-4-2-5-9-18/h2-15,22-27,36H,16-17H2,1H3,(H,33,37)(H,34,38)/t22?,23-,24-,25+,26-,27?,31?/m1/s1. The number of carbonyl (C=O) groups is 3. The predicted octanol–water partition coefficient (Wildman–Crippen LogP) is 4.47. The summed E-state index contributed by atoms with van der Waals surface area (Å²) in [4.78, 5) is 44.0. The minimum absolute atomic E-state index is 0.0661. The molecule has 3 aromatic carbocycles. The molecule has 3 unspecified atom stereocenters. The number of thioether (sulfide) groups is 1. The highest BCUT2D eigenvalue weighted by Gasteiger charge is 2.76. The lowest BCUT2D eigenvalue weighted by atomic mass is 9.70. The molecule has 3 aromatic rings. The molecule has 6 rings (SSSR count).